The Bertz CT molecular complexity index is 575. The van der Waals surface area contributed by atoms with Crippen molar-refractivity contribution in [3.8, 4) is 11.3 Å². The average molecular weight is 287 g/mol. The second kappa shape index (κ2) is 7.09. The number of nitrogens with one attached hydrogen (secondary N) is 1. The molecule has 1 unspecified atom stereocenters. The molecular weight excluding hydrogens is 266 g/mol. The third kappa shape index (κ3) is 4.46. The van der Waals surface area contributed by atoms with E-state index in [1.807, 2.05) is 56.3 Å². The number of rotatable bonds is 7. The Morgan fingerprint density at radius 2 is 1.90 bits per heavy atom. The van der Waals surface area contributed by atoms with Crippen molar-refractivity contribution in [1.82, 2.24) is 5.32 Å². The van der Waals surface area contributed by atoms with Gasteiger partial charge in [-0.3, -0.25) is 10.1 Å². The Hall–Kier alpha value is -2.07. The maximum Gasteiger partial charge on any atom is 0.320 e. The van der Waals surface area contributed by atoms with Crippen molar-refractivity contribution >= 4 is 5.97 Å². The zero-order chi connectivity index (χ0) is 15.2. The molecule has 1 heterocycles. The number of carbonyl (C=O) groups is 1. The Labute approximate surface area is 124 Å². The number of carboxylic acid groups (broad SMARTS) is 1. The van der Waals surface area contributed by atoms with Gasteiger partial charge in [0.05, 0.1) is 6.54 Å². The fraction of sp³-hybridized carbons (Fsp3) is 0.353. The summed E-state index contributed by atoms with van der Waals surface area (Å²) in [5.74, 6) is 1.04. The van der Waals surface area contributed by atoms with Gasteiger partial charge >= 0.3 is 5.97 Å². The summed E-state index contributed by atoms with van der Waals surface area (Å²) in [6.07, 6.45) is 0.599. The molecule has 4 nitrogen and oxygen atoms in total. The van der Waals surface area contributed by atoms with E-state index in [0.29, 0.717) is 18.9 Å². The molecule has 2 N–H and O–H groups in total. The summed E-state index contributed by atoms with van der Waals surface area (Å²) < 4.78 is 5.75. The van der Waals surface area contributed by atoms with Gasteiger partial charge in [0.1, 0.15) is 17.6 Å². The predicted molar refractivity (Wildman–Crippen MR) is 81.9 cm³/mol. The van der Waals surface area contributed by atoms with E-state index in [1.165, 1.54) is 0 Å². The fourth-order valence-corrected chi connectivity index (χ4v) is 2.20. The van der Waals surface area contributed by atoms with Gasteiger partial charge in [-0.2, -0.15) is 0 Å². The van der Waals surface area contributed by atoms with E-state index < -0.39 is 12.0 Å². The highest BCUT2D eigenvalue weighted by atomic mass is 16.4. The van der Waals surface area contributed by atoms with E-state index in [0.717, 1.165) is 17.1 Å². The number of furan rings is 1. The highest BCUT2D eigenvalue weighted by molar-refractivity contribution is 5.73. The summed E-state index contributed by atoms with van der Waals surface area (Å²) in [5.41, 5.74) is 1.01. The van der Waals surface area contributed by atoms with Gasteiger partial charge in [-0.1, -0.05) is 44.2 Å². The van der Waals surface area contributed by atoms with Gasteiger partial charge in [-0.05, 0) is 24.5 Å². The topological polar surface area (TPSA) is 62.5 Å². The standard InChI is InChI=1S/C17H21NO3/c1-12(2)10-15(17(19)20)18-11-14-8-9-16(21-14)13-6-4-3-5-7-13/h3-9,12,15,18H,10-11H2,1-2H3,(H,19,20). The van der Waals surface area contributed by atoms with Crippen molar-refractivity contribution < 1.29 is 14.3 Å². The zero-order valence-corrected chi connectivity index (χ0v) is 12.4. The summed E-state index contributed by atoms with van der Waals surface area (Å²) in [6, 6.07) is 13.1. The molecule has 0 amide bonds. The van der Waals surface area contributed by atoms with Gasteiger partial charge in [-0.15, -0.1) is 0 Å². The van der Waals surface area contributed by atoms with E-state index >= 15 is 0 Å². The molecule has 0 radical (unpaired) electrons. The van der Waals surface area contributed by atoms with Crippen LogP contribution in [0.3, 0.4) is 0 Å². The summed E-state index contributed by atoms with van der Waals surface area (Å²) in [4.78, 5) is 11.2. The van der Waals surface area contributed by atoms with Crippen LogP contribution in [0.4, 0.5) is 0 Å². The first kappa shape index (κ1) is 15.3. The number of aliphatic carboxylic acids is 1. The Morgan fingerprint density at radius 3 is 2.52 bits per heavy atom. The van der Waals surface area contributed by atoms with Gasteiger partial charge in [0.2, 0.25) is 0 Å². The molecule has 0 aliphatic rings. The summed E-state index contributed by atoms with van der Waals surface area (Å²) in [7, 11) is 0. The third-order valence-corrected chi connectivity index (χ3v) is 3.25. The first-order chi connectivity index (χ1) is 10.1. The summed E-state index contributed by atoms with van der Waals surface area (Å²) >= 11 is 0. The molecule has 0 saturated heterocycles. The average Bonchev–Trinajstić information content (AvgIpc) is 2.92. The minimum absolute atomic E-state index is 0.329. The van der Waals surface area contributed by atoms with Gasteiger partial charge in [0, 0.05) is 5.56 Å². The smallest absolute Gasteiger partial charge is 0.320 e. The van der Waals surface area contributed by atoms with Crippen molar-refractivity contribution in [2.24, 2.45) is 5.92 Å². The monoisotopic (exact) mass is 287 g/mol. The maximum atomic E-state index is 11.2. The zero-order valence-electron chi connectivity index (χ0n) is 12.4. The second-order valence-electron chi connectivity index (χ2n) is 5.53. The number of hydrogen-bond donors (Lipinski definition) is 2. The molecule has 0 fully saturated rings. The summed E-state index contributed by atoms with van der Waals surface area (Å²) in [6.45, 7) is 4.44. The van der Waals surface area contributed by atoms with E-state index in [1.54, 1.807) is 0 Å². The van der Waals surface area contributed by atoms with Crippen LogP contribution in [0.5, 0.6) is 0 Å². The minimum atomic E-state index is -0.821. The quantitative estimate of drug-likeness (QED) is 0.817. The molecule has 112 valence electrons. The second-order valence-corrected chi connectivity index (χ2v) is 5.53. The third-order valence-electron chi connectivity index (χ3n) is 3.25. The molecule has 2 aromatic rings. The molecule has 0 aliphatic heterocycles. The van der Waals surface area contributed by atoms with Crippen molar-refractivity contribution in [2.45, 2.75) is 32.9 Å². The highest BCUT2D eigenvalue weighted by Crippen LogP contribution is 2.21. The van der Waals surface area contributed by atoms with Crippen LogP contribution in [0.15, 0.2) is 46.9 Å². The normalized spacial score (nSPS) is 12.5. The van der Waals surface area contributed by atoms with Crippen LogP contribution in [0, 0.1) is 5.92 Å². The van der Waals surface area contributed by atoms with Gasteiger partial charge in [0.15, 0.2) is 0 Å². The first-order valence-corrected chi connectivity index (χ1v) is 7.16. The lowest BCUT2D eigenvalue weighted by molar-refractivity contribution is -0.140. The first-order valence-electron chi connectivity index (χ1n) is 7.16. The highest BCUT2D eigenvalue weighted by Gasteiger charge is 2.18. The fourth-order valence-electron chi connectivity index (χ4n) is 2.20. The van der Waals surface area contributed by atoms with Crippen LogP contribution < -0.4 is 5.32 Å². The van der Waals surface area contributed by atoms with E-state index in [2.05, 4.69) is 5.32 Å². The van der Waals surface area contributed by atoms with Gasteiger partial charge < -0.3 is 9.52 Å². The molecular formula is C17H21NO3. The van der Waals surface area contributed by atoms with Gasteiger partial charge in [-0.25, -0.2) is 0 Å². The van der Waals surface area contributed by atoms with Crippen LogP contribution in [0.2, 0.25) is 0 Å². The Kier molecular flexibility index (Phi) is 5.17. The van der Waals surface area contributed by atoms with E-state index in [9.17, 15) is 9.90 Å². The molecule has 1 aromatic heterocycles. The molecule has 0 saturated carbocycles. The number of carboxylic acids is 1. The molecule has 0 aliphatic carbocycles. The van der Waals surface area contributed by atoms with Crippen LogP contribution in [0.1, 0.15) is 26.0 Å². The molecule has 21 heavy (non-hydrogen) atoms. The van der Waals surface area contributed by atoms with Crippen LogP contribution in [0.25, 0.3) is 11.3 Å². The minimum Gasteiger partial charge on any atom is -0.480 e. The van der Waals surface area contributed by atoms with Crippen LogP contribution in [-0.4, -0.2) is 17.1 Å². The van der Waals surface area contributed by atoms with Crippen LogP contribution >= 0.6 is 0 Å². The molecule has 0 spiro atoms. The SMILES string of the molecule is CC(C)CC(NCc1ccc(-c2ccccc2)o1)C(=O)O. The number of hydrogen-bond acceptors (Lipinski definition) is 3. The van der Waals surface area contributed by atoms with Crippen molar-refractivity contribution in [1.29, 1.82) is 0 Å². The molecule has 2 rings (SSSR count). The van der Waals surface area contributed by atoms with Crippen molar-refractivity contribution in [3.05, 3.63) is 48.2 Å². The summed E-state index contributed by atoms with van der Waals surface area (Å²) in [5, 5.41) is 12.2. The Balaban J connectivity index is 1.98. The lowest BCUT2D eigenvalue weighted by atomic mass is 10.0. The van der Waals surface area contributed by atoms with Crippen LogP contribution in [-0.2, 0) is 11.3 Å². The van der Waals surface area contributed by atoms with E-state index in [-0.39, 0.29) is 0 Å². The molecule has 0 bridgehead atoms. The number of benzene rings is 1. The predicted octanol–water partition coefficient (Wildman–Crippen LogP) is 3.54. The van der Waals surface area contributed by atoms with Crippen molar-refractivity contribution in [3.63, 3.8) is 0 Å². The van der Waals surface area contributed by atoms with E-state index in [4.69, 9.17) is 4.42 Å². The largest absolute Gasteiger partial charge is 0.480 e. The Morgan fingerprint density at radius 1 is 1.19 bits per heavy atom. The van der Waals surface area contributed by atoms with Gasteiger partial charge in [0.25, 0.3) is 0 Å². The molecule has 4 heteroatoms. The molecule has 1 aromatic carbocycles. The molecule has 1 atom stereocenters. The van der Waals surface area contributed by atoms with Crippen molar-refractivity contribution in [2.75, 3.05) is 0 Å². The lowest BCUT2D eigenvalue weighted by Crippen LogP contribution is -2.37. The maximum absolute atomic E-state index is 11.2. The lowest BCUT2D eigenvalue weighted by Gasteiger charge is -2.15.